The third-order valence-electron chi connectivity index (χ3n) is 2.30. The van der Waals surface area contributed by atoms with Gasteiger partial charge in [-0.3, -0.25) is 0 Å². The van der Waals surface area contributed by atoms with Crippen LogP contribution >= 0.6 is 0 Å². The number of nitrogens with one attached hydrogen (secondary N) is 1. The maximum Gasteiger partial charge on any atom is 0.126 e. The highest BCUT2D eigenvalue weighted by Gasteiger charge is 2.02. The van der Waals surface area contributed by atoms with Crippen LogP contribution in [0.5, 0.6) is 0 Å². The van der Waals surface area contributed by atoms with Crippen LogP contribution in [0.25, 0.3) is 0 Å². The molecule has 0 unspecified atom stereocenters. The third-order valence-corrected chi connectivity index (χ3v) is 2.30. The van der Waals surface area contributed by atoms with E-state index in [-0.39, 0.29) is 5.82 Å². The van der Waals surface area contributed by atoms with Gasteiger partial charge in [0, 0.05) is 6.04 Å². The Labute approximate surface area is 79.0 Å². The molecule has 0 radical (unpaired) electrons. The number of halogens is 1. The zero-order valence-corrected chi connectivity index (χ0v) is 8.18. The Morgan fingerprint density at radius 1 is 1.38 bits per heavy atom. The Balaban J connectivity index is 2.50. The first kappa shape index (κ1) is 10.2. The maximum absolute atomic E-state index is 13.1. The van der Waals surface area contributed by atoms with E-state index in [1.807, 2.05) is 19.2 Å². The fourth-order valence-corrected chi connectivity index (χ4v) is 1.22. The fraction of sp³-hybridized carbons (Fsp3) is 0.455. The van der Waals surface area contributed by atoms with Crippen molar-refractivity contribution in [2.45, 2.75) is 25.8 Å². The minimum Gasteiger partial charge on any atom is -0.317 e. The number of hydrogen-bond donors (Lipinski definition) is 1. The van der Waals surface area contributed by atoms with Gasteiger partial charge in [0.25, 0.3) is 0 Å². The summed E-state index contributed by atoms with van der Waals surface area (Å²) >= 11 is 0. The van der Waals surface area contributed by atoms with E-state index in [1.54, 1.807) is 6.07 Å². The van der Waals surface area contributed by atoms with Gasteiger partial charge in [0.1, 0.15) is 5.82 Å². The second-order valence-corrected chi connectivity index (χ2v) is 3.32. The molecule has 1 nitrogen and oxygen atoms in total. The highest BCUT2D eigenvalue weighted by molar-refractivity contribution is 5.17. The number of benzene rings is 1. The van der Waals surface area contributed by atoms with Gasteiger partial charge in [-0.15, -0.1) is 0 Å². The van der Waals surface area contributed by atoms with Crippen LogP contribution < -0.4 is 5.32 Å². The molecule has 1 rings (SSSR count). The van der Waals surface area contributed by atoms with Gasteiger partial charge in [-0.05, 0) is 38.4 Å². The van der Waals surface area contributed by atoms with Crippen LogP contribution in [0.1, 0.15) is 18.9 Å². The number of hydrogen-bond acceptors (Lipinski definition) is 1. The Bertz CT molecular complexity index is 260. The smallest absolute Gasteiger partial charge is 0.126 e. The second-order valence-electron chi connectivity index (χ2n) is 3.32. The van der Waals surface area contributed by atoms with Gasteiger partial charge in [-0.2, -0.15) is 0 Å². The summed E-state index contributed by atoms with van der Waals surface area (Å²) in [4.78, 5) is 0. The molecule has 0 fully saturated rings. The summed E-state index contributed by atoms with van der Waals surface area (Å²) in [5.41, 5.74) is 0.810. The lowest BCUT2D eigenvalue weighted by Gasteiger charge is -2.09. The number of aryl methyl sites for hydroxylation is 1. The maximum atomic E-state index is 13.1. The molecule has 2 heteroatoms. The molecule has 0 saturated heterocycles. The average Bonchev–Trinajstić information content (AvgIpc) is 2.16. The van der Waals surface area contributed by atoms with Crippen molar-refractivity contribution in [2.24, 2.45) is 0 Å². The summed E-state index contributed by atoms with van der Waals surface area (Å²) in [5.74, 6) is -0.0918. The van der Waals surface area contributed by atoms with E-state index in [9.17, 15) is 4.39 Å². The summed E-state index contributed by atoms with van der Waals surface area (Å²) in [5, 5.41) is 3.13. The summed E-state index contributed by atoms with van der Waals surface area (Å²) < 4.78 is 13.1. The Morgan fingerprint density at radius 2 is 2.08 bits per heavy atom. The quantitative estimate of drug-likeness (QED) is 0.752. The topological polar surface area (TPSA) is 12.0 Å². The van der Waals surface area contributed by atoms with Gasteiger partial charge in [0.05, 0.1) is 0 Å². The van der Waals surface area contributed by atoms with Crippen molar-refractivity contribution >= 4 is 0 Å². The largest absolute Gasteiger partial charge is 0.317 e. The van der Waals surface area contributed by atoms with E-state index in [4.69, 9.17) is 0 Å². The first-order valence-electron chi connectivity index (χ1n) is 4.64. The summed E-state index contributed by atoms with van der Waals surface area (Å²) in [6, 6.07) is 7.40. The predicted molar refractivity (Wildman–Crippen MR) is 53.2 cm³/mol. The summed E-state index contributed by atoms with van der Waals surface area (Å²) in [7, 11) is 1.92. The molecule has 0 aliphatic rings. The molecule has 72 valence electrons. The lowest BCUT2D eigenvalue weighted by molar-refractivity contribution is 0.547. The highest BCUT2D eigenvalue weighted by Crippen LogP contribution is 2.09. The van der Waals surface area contributed by atoms with Crippen LogP contribution in [-0.4, -0.2) is 13.1 Å². The Hall–Kier alpha value is -0.890. The Kier molecular flexibility index (Phi) is 3.90. The normalized spacial score (nSPS) is 12.8. The van der Waals surface area contributed by atoms with Crippen LogP contribution in [-0.2, 0) is 6.42 Å². The van der Waals surface area contributed by atoms with E-state index in [2.05, 4.69) is 12.2 Å². The molecule has 0 bridgehead atoms. The lowest BCUT2D eigenvalue weighted by atomic mass is 10.1. The van der Waals surface area contributed by atoms with Gasteiger partial charge in [0.15, 0.2) is 0 Å². The Morgan fingerprint density at radius 3 is 2.69 bits per heavy atom. The van der Waals surface area contributed by atoms with E-state index >= 15 is 0 Å². The van der Waals surface area contributed by atoms with E-state index in [0.717, 1.165) is 18.4 Å². The molecule has 1 aromatic rings. The van der Waals surface area contributed by atoms with Gasteiger partial charge in [-0.25, -0.2) is 4.39 Å². The first-order valence-corrected chi connectivity index (χ1v) is 4.64. The third kappa shape index (κ3) is 3.15. The van der Waals surface area contributed by atoms with Crippen LogP contribution in [0, 0.1) is 5.82 Å². The number of rotatable bonds is 4. The molecular formula is C11H16FN. The van der Waals surface area contributed by atoms with Gasteiger partial charge < -0.3 is 5.32 Å². The van der Waals surface area contributed by atoms with Crippen molar-refractivity contribution in [3.05, 3.63) is 35.6 Å². The van der Waals surface area contributed by atoms with E-state index in [0.29, 0.717) is 6.04 Å². The molecule has 0 aliphatic carbocycles. The monoisotopic (exact) mass is 181 g/mol. The molecule has 0 saturated carbocycles. The SMILES string of the molecule is CN[C@@H](C)CCc1ccccc1F. The molecule has 1 aromatic carbocycles. The fourth-order valence-electron chi connectivity index (χ4n) is 1.22. The van der Waals surface area contributed by atoms with Crippen molar-refractivity contribution in [2.75, 3.05) is 7.05 Å². The van der Waals surface area contributed by atoms with Gasteiger partial charge >= 0.3 is 0 Å². The molecule has 1 N–H and O–H groups in total. The zero-order chi connectivity index (χ0) is 9.68. The summed E-state index contributed by atoms with van der Waals surface area (Å²) in [6.07, 6.45) is 1.77. The minimum absolute atomic E-state index is 0.0918. The van der Waals surface area contributed by atoms with Crippen LogP contribution in [0.15, 0.2) is 24.3 Å². The van der Waals surface area contributed by atoms with Gasteiger partial charge in [-0.1, -0.05) is 18.2 Å². The van der Waals surface area contributed by atoms with E-state index in [1.165, 1.54) is 6.07 Å². The standard InChI is InChI=1S/C11H16FN/c1-9(13-2)7-8-10-5-3-4-6-11(10)12/h3-6,9,13H,7-8H2,1-2H3/t9-/m0/s1. The van der Waals surface area contributed by atoms with Crippen LogP contribution in [0.3, 0.4) is 0 Å². The molecular weight excluding hydrogens is 165 g/mol. The first-order chi connectivity index (χ1) is 6.24. The zero-order valence-electron chi connectivity index (χ0n) is 8.18. The average molecular weight is 181 g/mol. The van der Waals surface area contributed by atoms with Crippen molar-refractivity contribution in [1.29, 1.82) is 0 Å². The second kappa shape index (κ2) is 4.97. The molecule has 0 aliphatic heterocycles. The van der Waals surface area contributed by atoms with E-state index < -0.39 is 0 Å². The summed E-state index contributed by atoms with van der Waals surface area (Å²) in [6.45, 7) is 2.10. The molecule has 0 heterocycles. The van der Waals surface area contributed by atoms with Crippen LogP contribution in [0.2, 0.25) is 0 Å². The molecule has 1 atom stereocenters. The highest BCUT2D eigenvalue weighted by atomic mass is 19.1. The molecule has 0 spiro atoms. The molecule has 0 aromatic heterocycles. The van der Waals surface area contributed by atoms with Gasteiger partial charge in [0.2, 0.25) is 0 Å². The lowest BCUT2D eigenvalue weighted by Crippen LogP contribution is -2.21. The van der Waals surface area contributed by atoms with Crippen molar-refractivity contribution < 1.29 is 4.39 Å². The van der Waals surface area contributed by atoms with Crippen molar-refractivity contribution in [3.8, 4) is 0 Å². The molecule has 13 heavy (non-hydrogen) atoms. The van der Waals surface area contributed by atoms with Crippen molar-refractivity contribution in [3.63, 3.8) is 0 Å². The minimum atomic E-state index is -0.0918. The van der Waals surface area contributed by atoms with Crippen LogP contribution in [0.4, 0.5) is 4.39 Å². The predicted octanol–water partition coefficient (Wildman–Crippen LogP) is 2.37. The van der Waals surface area contributed by atoms with Crippen molar-refractivity contribution in [1.82, 2.24) is 5.32 Å². The molecule has 0 amide bonds.